The average Bonchev–Trinajstić information content (AvgIpc) is 3.16. The van der Waals surface area contributed by atoms with Gasteiger partial charge in [0.25, 0.3) is 0 Å². The van der Waals surface area contributed by atoms with E-state index in [1.165, 1.54) is 13.2 Å². The van der Waals surface area contributed by atoms with E-state index in [1.54, 1.807) is 18.2 Å². The minimum Gasteiger partial charge on any atom is -0.466 e. The number of allylic oxidation sites excluding steroid dienone is 2. The van der Waals surface area contributed by atoms with Gasteiger partial charge in [-0.25, -0.2) is 9.18 Å². The van der Waals surface area contributed by atoms with E-state index in [0.717, 1.165) is 29.0 Å². The van der Waals surface area contributed by atoms with Gasteiger partial charge >= 0.3 is 5.97 Å². The zero-order chi connectivity index (χ0) is 24.5. The molecule has 5 nitrogen and oxygen atoms in total. The Morgan fingerprint density at radius 2 is 1.84 bits per heavy atom. The summed E-state index contributed by atoms with van der Waals surface area (Å²) in [6.07, 6.45) is 8.32. The van der Waals surface area contributed by atoms with Crippen LogP contribution in [0.3, 0.4) is 0 Å². The molecule has 2 heterocycles. The molecule has 0 saturated carbocycles. The number of halogens is 1. The number of nitrogens with zero attached hydrogens (tertiary/aromatic N) is 3. The number of methoxy groups -OCH3 is 1. The van der Waals surface area contributed by atoms with Gasteiger partial charge in [0.15, 0.2) is 5.65 Å². The predicted octanol–water partition coefficient (Wildman–Crippen LogP) is 6.42. The number of esters is 1. The van der Waals surface area contributed by atoms with Crippen molar-refractivity contribution in [1.82, 2.24) is 14.6 Å². The van der Waals surface area contributed by atoms with Crippen LogP contribution in [0.4, 0.5) is 4.39 Å². The molecule has 0 atom stereocenters. The van der Waals surface area contributed by atoms with Crippen molar-refractivity contribution < 1.29 is 13.9 Å². The molecular formula is C26H36FN3O2. The second-order valence-corrected chi connectivity index (χ2v) is 6.53. The van der Waals surface area contributed by atoms with Crippen LogP contribution in [0, 0.1) is 19.7 Å². The molecule has 0 aliphatic carbocycles. The van der Waals surface area contributed by atoms with Crippen LogP contribution in [0.5, 0.6) is 0 Å². The van der Waals surface area contributed by atoms with Crippen molar-refractivity contribution in [3.63, 3.8) is 0 Å². The fourth-order valence-electron chi connectivity index (χ4n) is 2.45. The maximum atomic E-state index is 13.8. The average molecular weight is 442 g/mol. The molecule has 2 aromatic heterocycles. The molecule has 0 unspecified atom stereocenters. The van der Waals surface area contributed by atoms with E-state index in [-0.39, 0.29) is 11.8 Å². The van der Waals surface area contributed by atoms with E-state index < -0.39 is 0 Å². The van der Waals surface area contributed by atoms with E-state index in [0.29, 0.717) is 12.0 Å². The van der Waals surface area contributed by atoms with Crippen LogP contribution >= 0.6 is 0 Å². The van der Waals surface area contributed by atoms with Crippen molar-refractivity contribution >= 4 is 11.6 Å². The monoisotopic (exact) mass is 441 g/mol. The Morgan fingerprint density at radius 1 is 1.19 bits per heavy atom. The van der Waals surface area contributed by atoms with Crippen LogP contribution in [0.2, 0.25) is 0 Å². The van der Waals surface area contributed by atoms with Gasteiger partial charge in [-0.2, -0.15) is 0 Å². The van der Waals surface area contributed by atoms with Gasteiger partial charge in [0.2, 0.25) is 0 Å². The van der Waals surface area contributed by atoms with Crippen LogP contribution in [-0.2, 0) is 16.0 Å². The van der Waals surface area contributed by atoms with Gasteiger partial charge in [-0.3, -0.25) is 4.40 Å². The first kappa shape index (κ1) is 28.7. The van der Waals surface area contributed by atoms with Crippen molar-refractivity contribution in [3.8, 4) is 0 Å². The Morgan fingerprint density at radius 3 is 2.41 bits per heavy atom. The summed E-state index contributed by atoms with van der Waals surface area (Å²) < 4.78 is 20.1. The number of fused-ring (bicyclic) bond motifs is 1. The van der Waals surface area contributed by atoms with Gasteiger partial charge in [0.1, 0.15) is 11.6 Å². The summed E-state index contributed by atoms with van der Waals surface area (Å²) in [6, 6.07) is 9.21. The number of carbonyl (C=O) groups excluding carboxylic acids is 1. The highest BCUT2D eigenvalue weighted by Gasteiger charge is 2.06. The van der Waals surface area contributed by atoms with Crippen molar-refractivity contribution in [3.05, 3.63) is 89.7 Å². The third kappa shape index (κ3) is 10.2. The van der Waals surface area contributed by atoms with Crippen LogP contribution in [0.15, 0.2) is 61.3 Å². The largest absolute Gasteiger partial charge is 0.466 e. The summed E-state index contributed by atoms with van der Waals surface area (Å²) in [5.41, 5.74) is 3.49. The summed E-state index contributed by atoms with van der Waals surface area (Å²) in [5.74, 6) is 0.397. The second kappa shape index (κ2) is 16.4. The van der Waals surface area contributed by atoms with Crippen LogP contribution in [0.25, 0.3) is 5.65 Å². The molecule has 0 radical (unpaired) electrons. The summed E-state index contributed by atoms with van der Waals surface area (Å²) in [7, 11) is 1.36. The Hall–Kier alpha value is -3.28. The molecule has 174 valence electrons. The number of carbonyl (C=O) groups is 1. The summed E-state index contributed by atoms with van der Waals surface area (Å²) in [5, 5.41) is 8.05. The molecule has 0 aliphatic heterocycles. The first-order chi connectivity index (χ1) is 15.4. The highest BCUT2D eigenvalue weighted by atomic mass is 19.1. The number of rotatable bonds is 4. The molecule has 3 rings (SSSR count). The van der Waals surface area contributed by atoms with Gasteiger partial charge in [-0.15, -0.1) is 16.8 Å². The minimum absolute atomic E-state index is 0.152. The highest BCUT2D eigenvalue weighted by molar-refractivity contribution is 5.81. The van der Waals surface area contributed by atoms with Crippen molar-refractivity contribution in [1.29, 1.82) is 0 Å². The number of benzene rings is 1. The third-order valence-electron chi connectivity index (χ3n) is 3.93. The summed E-state index contributed by atoms with van der Waals surface area (Å²) in [4.78, 5) is 10.3. The minimum atomic E-state index is -0.285. The fourth-order valence-corrected chi connectivity index (χ4v) is 2.45. The van der Waals surface area contributed by atoms with E-state index in [1.807, 2.05) is 76.4 Å². The molecule has 6 heteroatoms. The van der Waals surface area contributed by atoms with Crippen molar-refractivity contribution in [2.45, 2.75) is 54.4 Å². The molecule has 3 aromatic rings. The summed E-state index contributed by atoms with van der Waals surface area (Å²) in [6.45, 7) is 15.0. The molecule has 0 spiro atoms. The predicted molar refractivity (Wildman–Crippen MR) is 130 cm³/mol. The molecule has 0 saturated heterocycles. The van der Waals surface area contributed by atoms with E-state index in [4.69, 9.17) is 0 Å². The lowest BCUT2D eigenvalue weighted by Gasteiger charge is -2.05. The Labute approximate surface area is 191 Å². The fraction of sp³-hybridized carbons (Fsp3) is 0.346. The first-order valence-electron chi connectivity index (χ1n) is 10.7. The van der Waals surface area contributed by atoms with Gasteiger partial charge in [0, 0.05) is 18.7 Å². The molecular weight excluding hydrogens is 405 g/mol. The molecule has 0 aliphatic rings. The maximum absolute atomic E-state index is 13.8. The van der Waals surface area contributed by atoms with Crippen LogP contribution in [0.1, 0.15) is 56.6 Å². The third-order valence-corrected chi connectivity index (χ3v) is 3.93. The number of ether oxygens (including phenoxy) is 1. The lowest BCUT2D eigenvalue weighted by atomic mass is 10.0. The standard InChI is InChI=1S/C15H14FN3.C6H10O2.C3H6.C2H6/c1-10-3-5-13(14(16)7-10)8-12-4-6-15-18-17-11(2)19(15)9-12;1-3-4-5-6(7)8-2;1-3-2;1-2/h3-7,9H,8H2,1-2H3;4-5H,3H2,1-2H3;3H,1H2,2H3;1-2H3/b;5-4+;;. The van der Waals surface area contributed by atoms with Crippen LogP contribution in [-0.4, -0.2) is 27.7 Å². The smallest absolute Gasteiger partial charge is 0.330 e. The highest BCUT2D eigenvalue weighted by Crippen LogP contribution is 2.16. The zero-order valence-corrected chi connectivity index (χ0v) is 20.4. The second-order valence-electron chi connectivity index (χ2n) is 6.53. The zero-order valence-electron chi connectivity index (χ0n) is 20.4. The number of aryl methyl sites for hydroxylation is 2. The van der Waals surface area contributed by atoms with Gasteiger partial charge in [-0.05, 0) is 56.0 Å². The number of hydrogen-bond acceptors (Lipinski definition) is 4. The SMILES string of the molecule is C=CC.CC.CC/C=C/C(=O)OC.Cc1ccc(Cc2ccc3nnc(C)n3c2)c(F)c1. The van der Waals surface area contributed by atoms with E-state index >= 15 is 0 Å². The summed E-state index contributed by atoms with van der Waals surface area (Å²) >= 11 is 0. The molecule has 1 aromatic carbocycles. The molecule has 0 bridgehead atoms. The van der Waals surface area contributed by atoms with Crippen molar-refractivity contribution in [2.24, 2.45) is 0 Å². The topological polar surface area (TPSA) is 56.5 Å². The lowest BCUT2D eigenvalue weighted by Crippen LogP contribution is -1.96. The lowest BCUT2D eigenvalue weighted by molar-refractivity contribution is -0.134. The number of hydrogen-bond donors (Lipinski definition) is 0. The number of pyridine rings is 1. The van der Waals surface area contributed by atoms with Gasteiger partial charge in [-0.1, -0.05) is 51.1 Å². The molecule has 32 heavy (non-hydrogen) atoms. The quantitative estimate of drug-likeness (QED) is 0.266. The maximum Gasteiger partial charge on any atom is 0.330 e. The molecule has 0 fully saturated rings. The van der Waals surface area contributed by atoms with E-state index in [9.17, 15) is 9.18 Å². The first-order valence-corrected chi connectivity index (χ1v) is 10.7. The van der Waals surface area contributed by atoms with Crippen LogP contribution < -0.4 is 0 Å². The van der Waals surface area contributed by atoms with Gasteiger partial charge < -0.3 is 4.74 Å². The normalized spacial score (nSPS) is 9.62. The van der Waals surface area contributed by atoms with Crippen molar-refractivity contribution in [2.75, 3.05) is 7.11 Å². The Kier molecular flexibility index (Phi) is 14.7. The Bertz CT molecular complexity index is 994. The van der Waals surface area contributed by atoms with E-state index in [2.05, 4.69) is 21.5 Å². The Balaban J connectivity index is 0.000000623. The molecule has 0 N–H and O–H groups in total. The number of aromatic nitrogens is 3. The molecule has 0 amide bonds. The van der Waals surface area contributed by atoms with Gasteiger partial charge in [0.05, 0.1) is 7.11 Å².